The van der Waals surface area contributed by atoms with Crippen LogP contribution in [0.3, 0.4) is 0 Å². The van der Waals surface area contributed by atoms with Crippen molar-refractivity contribution in [1.29, 1.82) is 0 Å². The molecule has 1 aromatic carbocycles. The van der Waals surface area contributed by atoms with E-state index >= 15 is 0 Å². The third kappa shape index (κ3) is 2.05. The van der Waals surface area contributed by atoms with Crippen molar-refractivity contribution in [3.05, 3.63) is 35.1 Å². The highest BCUT2D eigenvalue weighted by Gasteiger charge is 2.05. The normalized spacial score (nSPS) is 13.0. The number of rotatable bonds is 2. The van der Waals surface area contributed by atoms with Crippen LogP contribution in [0.5, 0.6) is 0 Å². The van der Waals surface area contributed by atoms with Crippen LogP contribution in [-0.2, 0) is 0 Å². The van der Waals surface area contributed by atoms with Crippen LogP contribution in [-0.4, -0.2) is 11.7 Å². The van der Waals surface area contributed by atoms with Gasteiger partial charge < -0.3 is 5.11 Å². The first kappa shape index (κ1) is 9.20. The zero-order chi connectivity index (χ0) is 9.14. The van der Waals surface area contributed by atoms with Crippen molar-refractivity contribution in [3.63, 3.8) is 0 Å². The molecule has 0 radical (unpaired) electrons. The Morgan fingerprint density at radius 1 is 1.42 bits per heavy atom. The molecule has 1 N–H and O–H groups in total. The first-order valence-electron chi connectivity index (χ1n) is 4.01. The summed E-state index contributed by atoms with van der Waals surface area (Å²) >= 11 is 0. The topological polar surface area (TPSA) is 20.2 Å². The fourth-order valence-electron chi connectivity index (χ4n) is 1.15. The van der Waals surface area contributed by atoms with E-state index in [2.05, 4.69) is 0 Å². The van der Waals surface area contributed by atoms with Crippen LogP contribution in [0.15, 0.2) is 18.2 Å². The zero-order valence-corrected chi connectivity index (χ0v) is 7.34. The molecule has 2 heteroatoms. The number of aliphatic hydroxyl groups is 1. The van der Waals surface area contributed by atoms with Crippen molar-refractivity contribution < 1.29 is 9.50 Å². The number of aryl methyl sites for hydroxylation is 1. The molecule has 12 heavy (non-hydrogen) atoms. The molecular weight excluding hydrogens is 155 g/mol. The van der Waals surface area contributed by atoms with E-state index in [1.807, 2.05) is 19.9 Å². The van der Waals surface area contributed by atoms with Crippen molar-refractivity contribution in [3.8, 4) is 0 Å². The van der Waals surface area contributed by atoms with Crippen LogP contribution >= 0.6 is 0 Å². The summed E-state index contributed by atoms with van der Waals surface area (Å²) in [6, 6.07) is 4.84. The third-order valence-electron chi connectivity index (χ3n) is 1.91. The molecule has 1 aromatic rings. The molecule has 0 saturated carbocycles. The summed E-state index contributed by atoms with van der Waals surface area (Å²) in [5, 5.41) is 8.85. The van der Waals surface area contributed by atoms with Crippen molar-refractivity contribution in [2.24, 2.45) is 0 Å². The van der Waals surface area contributed by atoms with Gasteiger partial charge in [0.1, 0.15) is 5.82 Å². The maximum atomic E-state index is 12.8. The molecule has 0 aliphatic rings. The minimum atomic E-state index is -0.231. The smallest absolute Gasteiger partial charge is 0.123 e. The van der Waals surface area contributed by atoms with Gasteiger partial charge in [0, 0.05) is 12.5 Å². The van der Waals surface area contributed by atoms with Gasteiger partial charge in [-0.2, -0.15) is 0 Å². The predicted octanol–water partition coefficient (Wildman–Crippen LogP) is 2.23. The molecule has 66 valence electrons. The molecule has 0 heterocycles. The van der Waals surface area contributed by atoms with Crippen LogP contribution in [0, 0.1) is 12.7 Å². The predicted molar refractivity (Wildman–Crippen MR) is 46.6 cm³/mol. The van der Waals surface area contributed by atoms with Gasteiger partial charge in [-0.15, -0.1) is 0 Å². The maximum absolute atomic E-state index is 12.8. The van der Waals surface area contributed by atoms with Gasteiger partial charge in [0.2, 0.25) is 0 Å². The summed E-state index contributed by atoms with van der Waals surface area (Å²) in [7, 11) is 0. The molecule has 1 rings (SSSR count). The van der Waals surface area contributed by atoms with Crippen LogP contribution in [0.2, 0.25) is 0 Å². The standard InChI is InChI=1S/C10H13FO/c1-7-3-9(8(2)6-12)5-10(11)4-7/h3-5,8,12H,6H2,1-2H3/t8-/m1/s1. The fraction of sp³-hybridized carbons (Fsp3) is 0.400. The van der Waals surface area contributed by atoms with Crippen LogP contribution < -0.4 is 0 Å². The van der Waals surface area contributed by atoms with Crippen molar-refractivity contribution in [1.82, 2.24) is 0 Å². The fourth-order valence-corrected chi connectivity index (χ4v) is 1.15. The molecule has 0 saturated heterocycles. The lowest BCUT2D eigenvalue weighted by Gasteiger charge is -2.08. The largest absolute Gasteiger partial charge is 0.396 e. The molecular formula is C10H13FO. The van der Waals surface area contributed by atoms with Gasteiger partial charge in [0.15, 0.2) is 0 Å². The molecule has 1 nitrogen and oxygen atoms in total. The SMILES string of the molecule is Cc1cc(F)cc([C@H](C)CO)c1. The molecule has 1 atom stereocenters. The summed E-state index contributed by atoms with van der Waals surface area (Å²) in [6.07, 6.45) is 0. The van der Waals surface area contributed by atoms with Gasteiger partial charge in [-0.1, -0.05) is 13.0 Å². The van der Waals surface area contributed by atoms with E-state index in [0.29, 0.717) is 0 Å². The number of halogens is 1. The molecule has 0 aliphatic carbocycles. The quantitative estimate of drug-likeness (QED) is 0.718. The first-order valence-corrected chi connectivity index (χ1v) is 4.01. The van der Waals surface area contributed by atoms with E-state index in [1.54, 1.807) is 0 Å². The number of hydrogen-bond donors (Lipinski definition) is 1. The molecule has 0 amide bonds. The second-order valence-corrected chi connectivity index (χ2v) is 3.15. The Hall–Kier alpha value is -0.890. The first-order chi connectivity index (χ1) is 5.63. The number of hydrogen-bond acceptors (Lipinski definition) is 1. The highest BCUT2D eigenvalue weighted by molar-refractivity contribution is 5.26. The maximum Gasteiger partial charge on any atom is 0.123 e. The Bertz CT molecular complexity index is 250. The molecule has 0 aliphatic heterocycles. The highest BCUT2D eigenvalue weighted by atomic mass is 19.1. The van der Waals surface area contributed by atoms with E-state index < -0.39 is 0 Å². The highest BCUT2D eigenvalue weighted by Crippen LogP contribution is 2.17. The van der Waals surface area contributed by atoms with E-state index in [4.69, 9.17) is 5.11 Å². The Labute approximate surface area is 71.9 Å². The molecule has 0 fully saturated rings. The van der Waals surface area contributed by atoms with Gasteiger partial charge >= 0.3 is 0 Å². The summed E-state index contributed by atoms with van der Waals surface area (Å²) in [5.74, 6) is -0.218. The Balaban J connectivity index is 3.00. The van der Waals surface area contributed by atoms with Gasteiger partial charge in [-0.05, 0) is 30.2 Å². The molecule has 0 unspecified atom stereocenters. The van der Waals surface area contributed by atoms with E-state index in [1.165, 1.54) is 12.1 Å². The monoisotopic (exact) mass is 168 g/mol. The van der Waals surface area contributed by atoms with E-state index in [9.17, 15) is 4.39 Å². The molecule has 0 aromatic heterocycles. The Kier molecular flexibility index (Phi) is 2.82. The lowest BCUT2D eigenvalue weighted by Crippen LogP contribution is -1.99. The summed E-state index contributed by atoms with van der Waals surface area (Å²) in [4.78, 5) is 0. The van der Waals surface area contributed by atoms with Crippen molar-refractivity contribution >= 4 is 0 Å². The second-order valence-electron chi connectivity index (χ2n) is 3.15. The minimum Gasteiger partial charge on any atom is -0.396 e. The molecule has 0 spiro atoms. The van der Waals surface area contributed by atoms with Gasteiger partial charge in [0.25, 0.3) is 0 Å². The van der Waals surface area contributed by atoms with Crippen molar-refractivity contribution in [2.45, 2.75) is 19.8 Å². The summed E-state index contributed by atoms with van der Waals surface area (Å²) in [6.45, 7) is 3.77. The average molecular weight is 168 g/mol. The Morgan fingerprint density at radius 2 is 2.08 bits per heavy atom. The summed E-state index contributed by atoms with van der Waals surface area (Å²) in [5.41, 5.74) is 1.75. The number of benzene rings is 1. The lowest BCUT2D eigenvalue weighted by molar-refractivity contribution is 0.273. The van der Waals surface area contributed by atoms with Gasteiger partial charge in [-0.25, -0.2) is 4.39 Å². The Morgan fingerprint density at radius 3 is 2.58 bits per heavy atom. The molecule has 0 bridgehead atoms. The number of aliphatic hydroxyl groups excluding tert-OH is 1. The van der Waals surface area contributed by atoms with Crippen molar-refractivity contribution in [2.75, 3.05) is 6.61 Å². The summed E-state index contributed by atoms with van der Waals surface area (Å²) < 4.78 is 12.8. The lowest BCUT2D eigenvalue weighted by atomic mass is 10.0. The van der Waals surface area contributed by atoms with E-state index in [-0.39, 0.29) is 18.3 Å². The van der Waals surface area contributed by atoms with E-state index in [0.717, 1.165) is 11.1 Å². The van der Waals surface area contributed by atoms with Crippen LogP contribution in [0.25, 0.3) is 0 Å². The second kappa shape index (κ2) is 3.68. The van der Waals surface area contributed by atoms with Crippen LogP contribution in [0.4, 0.5) is 4.39 Å². The van der Waals surface area contributed by atoms with Gasteiger partial charge in [-0.3, -0.25) is 0 Å². The average Bonchev–Trinajstić information content (AvgIpc) is 2.01. The minimum absolute atomic E-state index is 0.0133. The zero-order valence-electron chi connectivity index (χ0n) is 7.34. The van der Waals surface area contributed by atoms with Gasteiger partial charge in [0.05, 0.1) is 0 Å². The third-order valence-corrected chi connectivity index (χ3v) is 1.91. The van der Waals surface area contributed by atoms with Crippen LogP contribution in [0.1, 0.15) is 24.0 Å².